The number of hydrogen-bond donors (Lipinski definition) is 1. The SMILES string of the molecule is O=S(=O)(Cc1ccccc1)NCc1ccc(Cl)o1. The Hall–Kier alpha value is -1.30. The third-order valence-corrected chi connectivity index (χ3v) is 3.80. The second-order valence-electron chi connectivity index (χ2n) is 3.77. The van der Waals surface area contributed by atoms with E-state index in [4.69, 9.17) is 16.0 Å². The molecule has 6 heteroatoms. The molecule has 18 heavy (non-hydrogen) atoms. The Morgan fingerprint density at radius 1 is 1.11 bits per heavy atom. The summed E-state index contributed by atoms with van der Waals surface area (Å²) in [6.07, 6.45) is 0. The summed E-state index contributed by atoms with van der Waals surface area (Å²) in [5.41, 5.74) is 0.738. The van der Waals surface area contributed by atoms with Gasteiger partial charge in [0.1, 0.15) is 5.76 Å². The summed E-state index contributed by atoms with van der Waals surface area (Å²) in [7, 11) is -3.38. The average molecular weight is 286 g/mol. The van der Waals surface area contributed by atoms with E-state index in [1.807, 2.05) is 6.07 Å². The molecule has 0 amide bonds. The van der Waals surface area contributed by atoms with Gasteiger partial charge in [-0.15, -0.1) is 0 Å². The van der Waals surface area contributed by atoms with Crippen LogP contribution in [0, 0.1) is 0 Å². The van der Waals surface area contributed by atoms with Gasteiger partial charge in [0.15, 0.2) is 5.22 Å². The Labute approximate surface area is 111 Å². The van der Waals surface area contributed by atoms with E-state index in [1.165, 1.54) is 0 Å². The van der Waals surface area contributed by atoms with Crippen molar-refractivity contribution in [1.82, 2.24) is 4.72 Å². The maximum Gasteiger partial charge on any atom is 0.216 e. The first-order chi connectivity index (χ1) is 8.55. The van der Waals surface area contributed by atoms with Crippen LogP contribution in [0.4, 0.5) is 0 Å². The quantitative estimate of drug-likeness (QED) is 0.918. The average Bonchev–Trinajstić information content (AvgIpc) is 2.74. The highest BCUT2D eigenvalue weighted by atomic mass is 35.5. The largest absolute Gasteiger partial charge is 0.448 e. The van der Waals surface area contributed by atoms with Crippen molar-refractivity contribution in [2.45, 2.75) is 12.3 Å². The normalized spacial score (nSPS) is 11.6. The topological polar surface area (TPSA) is 59.3 Å². The van der Waals surface area contributed by atoms with Crippen molar-refractivity contribution in [3.05, 3.63) is 59.0 Å². The van der Waals surface area contributed by atoms with Gasteiger partial charge >= 0.3 is 0 Å². The van der Waals surface area contributed by atoms with Crippen LogP contribution in [0.1, 0.15) is 11.3 Å². The maximum atomic E-state index is 11.8. The van der Waals surface area contributed by atoms with Crippen molar-refractivity contribution < 1.29 is 12.8 Å². The van der Waals surface area contributed by atoms with E-state index in [9.17, 15) is 8.42 Å². The molecule has 2 rings (SSSR count). The lowest BCUT2D eigenvalue weighted by Crippen LogP contribution is -2.24. The number of halogens is 1. The zero-order chi connectivity index (χ0) is 13.0. The van der Waals surface area contributed by atoms with Gasteiger partial charge in [-0.2, -0.15) is 0 Å². The smallest absolute Gasteiger partial charge is 0.216 e. The summed E-state index contributed by atoms with van der Waals surface area (Å²) in [6, 6.07) is 12.2. The van der Waals surface area contributed by atoms with Gasteiger partial charge in [-0.25, -0.2) is 13.1 Å². The summed E-state index contributed by atoms with van der Waals surface area (Å²) in [4.78, 5) is 0. The molecule has 1 N–H and O–H groups in total. The van der Waals surface area contributed by atoms with E-state index in [-0.39, 0.29) is 17.5 Å². The summed E-state index contributed by atoms with van der Waals surface area (Å²) >= 11 is 5.60. The standard InChI is InChI=1S/C12H12ClNO3S/c13-12-7-6-11(17-12)8-14-18(15,16)9-10-4-2-1-3-5-10/h1-7,14H,8-9H2. The molecule has 0 aliphatic carbocycles. The third kappa shape index (κ3) is 3.87. The van der Waals surface area contributed by atoms with E-state index in [2.05, 4.69) is 4.72 Å². The minimum absolute atomic E-state index is 0.0533. The Morgan fingerprint density at radius 2 is 1.83 bits per heavy atom. The number of sulfonamides is 1. The maximum absolute atomic E-state index is 11.8. The fourth-order valence-corrected chi connectivity index (χ4v) is 2.73. The lowest BCUT2D eigenvalue weighted by atomic mass is 10.2. The van der Waals surface area contributed by atoms with Crippen molar-refractivity contribution in [2.75, 3.05) is 0 Å². The summed E-state index contributed by atoms with van der Waals surface area (Å²) in [6.45, 7) is 0.0991. The van der Waals surface area contributed by atoms with E-state index in [1.54, 1.807) is 36.4 Å². The van der Waals surface area contributed by atoms with Gasteiger partial charge in [0.2, 0.25) is 10.0 Å². The van der Waals surface area contributed by atoms with Crippen LogP contribution >= 0.6 is 11.6 Å². The molecular weight excluding hydrogens is 274 g/mol. The molecule has 0 saturated heterocycles. The monoisotopic (exact) mass is 285 g/mol. The Balaban J connectivity index is 1.96. The number of furan rings is 1. The van der Waals surface area contributed by atoms with Crippen LogP contribution in [0.3, 0.4) is 0 Å². The van der Waals surface area contributed by atoms with Crippen molar-refractivity contribution in [3.8, 4) is 0 Å². The zero-order valence-electron chi connectivity index (χ0n) is 9.47. The molecule has 1 heterocycles. The lowest BCUT2D eigenvalue weighted by Gasteiger charge is -2.05. The molecule has 1 aromatic carbocycles. The van der Waals surface area contributed by atoms with Crippen LogP contribution in [0.25, 0.3) is 0 Å². The molecule has 0 bridgehead atoms. The summed E-state index contributed by atoms with van der Waals surface area (Å²) in [5, 5.41) is 0.243. The van der Waals surface area contributed by atoms with Gasteiger partial charge in [0, 0.05) is 0 Å². The van der Waals surface area contributed by atoms with Gasteiger partial charge in [0.05, 0.1) is 12.3 Å². The number of benzene rings is 1. The first kappa shape index (κ1) is 13.1. The summed E-state index contributed by atoms with van der Waals surface area (Å²) < 4.78 is 31.1. The van der Waals surface area contributed by atoms with Crippen molar-refractivity contribution >= 4 is 21.6 Å². The fourth-order valence-electron chi connectivity index (χ4n) is 1.47. The molecule has 0 unspecified atom stereocenters. The minimum Gasteiger partial charge on any atom is -0.448 e. The highest BCUT2D eigenvalue weighted by Gasteiger charge is 2.12. The second kappa shape index (κ2) is 5.56. The molecule has 1 aromatic heterocycles. The van der Waals surface area contributed by atoms with Crippen LogP contribution in [0.15, 0.2) is 46.9 Å². The molecule has 0 fully saturated rings. The molecule has 0 radical (unpaired) electrons. The Morgan fingerprint density at radius 3 is 2.44 bits per heavy atom. The third-order valence-electron chi connectivity index (χ3n) is 2.29. The van der Waals surface area contributed by atoms with Crippen LogP contribution < -0.4 is 4.72 Å². The van der Waals surface area contributed by atoms with E-state index >= 15 is 0 Å². The van der Waals surface area contributed by atoms with Crippen molar-refractivity contribution in [2.24, 2.45) is 0 Å². The Kier molecular flexibility index (Phi) is 4.06. The van der Waals surface area contributed by atoms with Crippen LogP contribution in [-0.2, 0) is 22.3 Å². The van der Waals surface area contributed by atoms with Gasteiger partial charge in [-0.1, -0.05) is 30.3 Å². The second-order valence-corrected chi connectivity index (χ2v) is 5.95. The number of rotatable bonds is 5. The van der Waals surface area contributed by atoms with E-state index < -0.39 is 10.0 Å². The number of nitrogens with one attached hydrogen (secondary N) is 1. The minimum atomic E-state index is -3.38. The molecule has 0 aliphatic heterocycles. The zero-order valence-corrected chi connectivity index (χ0v) is 11.0. The fraction of sp³-hybridized carbons (Fsp3) is 0.167. The summed E-state index contributed by atoms with van der Waals surface area (Å²) in [5.74, 6) is 0.430. The predicted molar refractivity (Wildman–Crippen MR) is 69.6 cm³/mol. The first-order valence-electron chi connectivity index (χ1n) is 5.31. The van der Waals surface area contributed by atoms with Gasteiger partial charge < -0.3 is 4.42 Å². The highest BCUT2D eigenvalue weighted by Crippen LogP contribution is 2.13. The van der Waals surface area contributed by atoms with Crippen LogP contribution in [0.5, 0.6) is 0 Å². The number of hydrogen-bond acceptors (Lipinski definition) is 3. The molecule has 2 aromatic rings. The van der Waals surface area contributed by atoms with Gasteiger partial charge in [-0.05, 0) is 29.3 Å². The van der Waals surface area contributed by atoms with E-state index in [0.717, 1.165) is 5.56 Å². The first-order valence-corrected chi connectivity index (χ1v) is 7.34. The molecule has 0 atom stereocenters. The Bertz CT molecular complexity index is 607. The lowest BCUT2D eigenvalue weighted by molar-refractivity contribution is 0.500. The molecule has 0 aliphatic rings. The van der Waals surface area contributed by atoms with Crippen molar-refractivity contribution in [3.63, 3.8) is 0 Å². The molecule has 96 valence electrons. The van der Waals surface area contributed by atoms with Gasteiger partial charge in [-0.3, -0.25) is 0 Å². The van der Waals surface area contributed by atoms with Crippen LogP contribution in [-0.4, -0.2) is 8.42 Å². The highest BCUT2D eigenvalue weighted by molar-refractivity contribution is 7.88. The molecule has 0 saturated carbocycles. The molecular formula is C12H12ClNO3S. The van der Waals surface area contributed by atoms with Gasteiger partial charge in [0.25, 0.3) is 0 Å². The molecule has 0 spiro atoms. The van der Waals surface area contributed by atoms with Crippen molar-refractivity contribution in [1.29, 1.82) is 0 Å². The molecule has 4 nitrogen and oxygen atoms in total. The van der Waals surface area contributed by atoms with E-state index in [0.29, 0.717) is 5.76 Å². The predicted octanol–water partition coefficient (Wildman–Crippen LogP) is 2.55. The van der Waals surface area contributed by atoms with Crippen LogP contribution in [0.2, 0.25) is 5.22 Å².